The third kappa shape index (κ3) is 6.64. The van der Waals surface area contributed by atoms with Crippen molar-refractivity contribution in [2.45, 2.75) is 45.9 Å². The van der Waals surface area contributed by atoms with Crippen molar-refractivity contribution >= 4 is 28.8 Å². The molecule has 0 spiro atoms. The molecule has 3 aromatic carbocycles. The van der Waals surface area contributed by atoms with Gasteiger partial charge in [0.05, 0.1) is 18.9 Å². The molecule has 0 saturated carbocycles. The number of nitrogens with two attached hydrogens (primary N) is 1. The van der Waals surface area contributed by atoms with E-state index >= 15 is 4.39 Å². The van der Waals surface area contributed by atoms with Crippen molar-refractivity contribution in [3.8, 4) is 16.9 Å². The molecule has 9 nitrogen and oxygen atoms in total. The number of rotatable bonds is 8. The van der Waals surface area contributed by atoms with Gasteiger partial charge in [-0.15, -0.1) is 0 Å². The van der Waals surface area contributed by atoms with E-state index in [1.807, 2.05) is 0 Å². The zero-order valence-electron chi connectivity index (χ0n) is 22.2. The second kappa shape index (κ2) is 11.4. The van der Waals surface area contributed by atoms with Gasteiger partial charge in [0.15, 0.2) is 11.4 Å². The Morgan fingerprint density at radius 1 is 1.05 bits per heavy atom. The van der Waals surface area contributed by atoms with E-state index in [1.165, 1.54) is 7.11 Å². The van der Waals surface area contributed by atoms with Crippen molar-refractivity contribution in [1.82, 2.24) is 10.5 Å². The normalized spacial score (nSPS) is 11.3. The third-order valence-electron chi connectivity index (χ3n) is 5.78. The fourth-order valence-corrected chi connectivity index (χ4v) is 3.99. The first-order valence-corrected chi connectivity index (χ1v) is 12.3. The molecule has 3 N–H and O–H groups in total. The molecule has 0 radical (unpaired) electrons. The van der Waals surface area contributed by atoms with Gasteiger partial charge in [-0.2, -0.15) is 0 Å². The summed E-state index contributed by atoms with van der Waals surface area (Å²) < 4.78 is 37.2. The summed E-state index contributed by atoms with van der Waals surface area (Å²) in [5, 5.41) is 6.94. The van der Waals surface area contributed by atoms with Gasteiger partial charge in [0.25, 0.3) is 0 Å². The van der Waals surface area contributed by atoms with E-state index in [2.05, 4.69) is 10.5 Å². The molecule has 10 heteroatoms. The predicted octanol–water partition coefficient (Wildman–Crippen LogP) is 5.54. The number of nitrogens with one attached hydrogen (secondary N) is 1. The number of nitrogen functional groups attached to an aromatic ring is 1. The van der Waals surface area contributed by atoms with Gasteiger partial charge in [-0.1, -0.05) is 41.6 Å². The largest absolute Gasteiger partial charge is 0.489 e. The topological polar surface area (TPSA) is 126 Å². The average Bonchev–Trinajstić information content (AvgIpc) is 3.26. The summed E-state index contributed by atoms with van der Waals surface area (Å²) in [5.74, 6) is -0.249. The third-order valence-corrected chi connectivity index (χ3v) is 5.78. The average molecular weight is 536 g/mol. The second-order valence-electron chi connectivity index (χ2n) is 9.87. The summed E-state index contributed by atoms with van der Waals surface area (Å²) >= 11 is 0. The molecular weight excluding hydrogens is 505 g/mol. The number of ether oxygens (including phenoxy) is 3. The summed E-state index contributed by atoms with van der Waals surface area (Å²) in [6, 6.07) is 15.5. The molecule has 0 aliphatic rings. The molecule has 204 valence electrons. The fraction of sp³-hybridized carbons (Fsp3) is 0.276. The molecule has 0 bridgehead atoms. The Bertz CT molecular complexity index is 1510. The lowest BCUT2D eigenvalue weighted by Gasteiger charge is -2.20. The van der Waals surface area contributed by atoms with E-state index in [0.717, 1.165) is 0 Å². The van der Waals surface area contributed by atoms with E-state index in [0.29, 0.717) is 33.4 Å². The van der Waals surface area contributed by atoms with Crippen LogP contribution in [-0.4, -0.2) is 29.9 Å². The van der Waals surface area contributed by atoms with Crippen molar-refractivity contribution in [1.29, 1.82) is 0 Å². The molecule has 4 rings (SSSR count). The molecule has 4 aromatic rings. The molecule has 1 amide bonds. The minimum atomic E-state index is -0.676. The quantitative estimate of drug-likeness (QED) is 0.282. The molecule has 1 heterocycles. The smallest absolute Gasteiger partial charge is 0.407 e. The van der Waals surface area contributed by atoms with Crippen LogP contribution in [0.1, 0.15) is 37.5 Å². The first kappa shape index (κ1) is 27.4. The lowest BCUT2D eigenvalue weighted by molar-refractivity contribution is -0.139. The number of esters is 1. The first-order chi connectivity index (χ1) is 18.6. The Kier molecular flexibility index (Phi) is 8.04. The number of aromatic nitrogens is 1. The fourth-order valence-electron chi connectivity index (χ4n) is 3.99. The van der Waals surface area contributed by atoms with Crippen LogP contribution in [-0.2, 0) is 33.8 Å². The van der Waals surface area contributed by atoms with Gasteiger partial charge in [0.2, 0.25) is 0 Å². The van der Waals surface area contributed by atoms with Crippen LogP contribution in [0.4, 0.5) is 15.0 Å². The summed E-state index contributed by atoms with van der Waals surface area (Å²) in [6.45, 7) is 5.27. The number of para-hydroxylation sites is 1. The van der Waals surface area contributed by atoms with E-state index in [-0.39, 0.29) is 42.5 Å². The van der Waals surface area contributed by atoms with Gasteiger partial charge in [-0.3, -0.25) is 4.79 Å². The molecule has 0 unspecified atom stereocenters. The van der Waals surface area contributed by atoms with E-state index in [4.69, 9.17) is 24.5 Å². The number of hydrogen-bond donors (Lipinski definition) is 2. The Labute approximate surface area is 225 Å². The van der Waals surface area contributed by atoms with Crippen LogP contribution < -0.4 is 15.8 Å². The van der Waals surface area contributed by atoms with E-state index < -0.39 is 17.5 Å². The molecule has 0 atom stereocenters. The highest BCUT2D eigenvalue weighted by Gasteiger charge is 2.20. The first-order valence-electron chi connectivity index (χ1n) is 12.3. The van der Waals surface area contributed by atoms with Crippen molar-refractivity contribution in [3.05, 3.63) is 77.1 Å². The lowest BCUT2D eigenvalue weighted by atomic mass is 9.98. The number of halogens is 1. The molecule has 0 aliphatic heterocycles. The zero-order valence-corrected chi connectivity index (χ0v) is 22.2. The summed E-state index contributed by atoms with van der Waals surface area (Å²) in [7, 11) is 1.33. The second-order valence-corrected chi connectivity index (χ2v) is 9.87. The van der Waals surface area contributed by atoms with Crippen LogP contribution in [0.2, 0.25) is 0 Å². The summed E-state index contributed by atoms with van der Waals surface area (Å²) in [6.07, 6.45) is -0.588. The highest BCUT2D eigenvalue weighted by molar-refractivity contribution is 5.98. The number of methoxy groups -OCH3 is 1. The highest BCUT2D eigenvalue weighted by Crippen LogP contribution is 2.35. The lowest BCUT2D eigenvalue weighted by Crippen LogP contribution is -2.32. The number of fused-ring (bicyclic) bond motifs is 1. The Hall–Kier alpha value is -4.60. The molecule has 0 aliphatic carbocycles. The number of anilines is 1. The van der Waals surface area contributed by atoms with Crippen LogP contribution in [0, 0.1) is 5.82 Å². The number of carbonyl (C=O) groups is 2. The number of hydrogen-bond acceptors (Lipinski definition) is 8. The van der Waals surface area contributed by atoms with Gasteiger partial charge in [0.1, 0.15) is 23.8 Å². The summed E-state index contributed by atoms with van der Waals surface area (Å²) in [4.78, 5) is 23.9. The van der Waals surface area contributed by atoms with Gasteiger partial charge in [-0.25, -0.2) is 9.18 Å². The van der Waals surface area contributed by atoms with Gasteiger partial charge >= 0.3 is 12.1 Å². The minimum absolute atomic E-state index is 0.0604. The molecule has 1 aromatic heterocycles. The number of amides is 1. The highest BCUT2D eigenvalue weighted by atomic mass is 19.1. The maximum absolute atomic E-state index is 15.7. The number of nitrogens with zero attached hydrogens (tertiary/aromatic N) is 1. The van der Waals surface area contributed by atoms with Gasteiger partial charge in [-0.05, 0) is 44.5 Å². The van der Waals surface area contributed by atoms with E-state index in [9.17, 15) is 9.59 Å². The number of alkyl carbamates (subject to hydrolysis) is 1. The Balaban J connectivity index is 1.63. The summed E-state index contributed by atoms with van der Waals surface area (Å²) in [5.41, 5.74) is 7.96. The van der Waals surface area contributed by atoms with Gasteiger partial charge < -0.3 is 29.8 Å². The minimum Gasteiger partial charge on any atom is -0.489 e. The molecular formula is C29H30FN3O6. The van der Waals surface area contributed by atoms with Crippen molar-refractivity contribution < 1.29 is 32.7 Å². The number of benzene rings is 3. The van der Waals surface area contributed by atoms with Crippen molar-refractivity contribution in [2.24, 2.45) is 0 Å². The van der Waals surface area contributed by atoms with Crippen molar-refractivity contribution in [3.63, 3.8) is 0 Å². The standard InChI is InChI=1S/C29H30FN3O6/c1-29(2,3)38-28(35)32-15-19-9-7-10-20(25(19)30)21-12-17(13-22-26(21)39-33-27(22)31)16-37-23-11-6-5-8-18(23)14-24(34)36-4/h5-13H,14-16H2,1-4H3,(H2,31,33)(H,32,35). The van der Waals surface area contributed by atoms with E-state index in [1.54, 1.807) is 75.4 Å². The number of carbonyl (C=O) groups excluding carboxylic acids is 2. The zero-order chi connectivity index (χ0) is 28.2. The van der Waals surface area contributed by atoms with Crippen LogP contribution in [0.3, 0.4) is 0 Å². The molecule has 0 fully saturated rings. The van der Waals surface area contributed by atoms with Crippen molar-refractivity contribution in [2.75, 3.05) is 12.8 Å². The Morgan fingerprint density at radius 2 is 1.79 bits per heavy atom. The van der Waals surface area contributed by atoms with Crippen LogP contribution in [0.15, 0.2) is 59.1 Å². The van der Waals surface area contributed by atoms with Crippen LogP contribution >= 0.6 is 0 Å². The molecule has 39 heavy (non-hydrogen) atoms. The predicted molar refractivity (Wildman–Crippen MR) is 143 cm³/mol. The monoisotopic (exact) mass is 535 g/mol. The SMILES string of the molecule is COC(=O)Cc1ccccc1OCc1cc(-c2cccc(CNC(=O)OC(C)(C)C)c2F)c2onc(N)c2c1. The maximum atomic E-state index is 15.7. The maximum Gasteiger partial charge on any atom is 0.407 e. The van der Waals surface area contributed by atoms with Crippen LogP contribution in [0.5, 0.6) is 5.75 Å². The Morgan fingerprint density at radius 3 is 2.54 bits per heavy atom. The van der Waals surface area contributed by atoms with Crippen LogP contribution in [0.25, 0.3) is 22.1 Å². The molecule has 0 saturated heterocycles. The van der Waals surface area contributed by atoms with Gasteiger partial charge in [0, 0.05) is 28.8 Å².